The fourth-order valence-corrected chi connectivity index (χ4v) is 3.05. The van der Waals surface area contributed by atoms with Crippen LogP contribution in [0.3, 0.4) is 0 Å². The van der Waals surface area contributed by atoms with Gasteiger partial charge in [-0.05, 0) is 31.2 Å². The first-order valence-corrected chi connectivity index (χ1v) is 9.39. The summed E-state index contributed by atoms with van der Waals surface area (Å²) >= 11 is 0. The van der Waals surface area contributed by atoms with Crippen molar-refractivity contribution in [2.24, 2.45) is 0 Å². The van der Waals surface area contributed by atoms with Crippen molar-refractivity contribution < 1.29 is 18.1 Å². The first-order valence-electron chi connectivity index (χ1n) is 7.74. The van der Waals surface area contributed by atoms with Crippen LogP contribution in [-0.4, -0.2) is 26.3 Å². The monoisotopic (exact) mass is 377 g/mol. The molecule has 9 heteroatoms. The van der Waals surface area contributed by atoms with Crippen LogP contribution in [-0.2, 0) is 22.3 Å². The van der Waals surface area contributed by atoms with E-state index in [1.165, 1.54) is 25.2 Å². The highest BCUT2D eigenvalue weighted by Crippen LogP contribution is 2.19. The third kappa shape index (κ3) is 5.11. The molecule has 0 radical (unpaired) electrons. The number of hydrogen-bond acceptors (Lipinski definition) is 5. The van der Waals surface area contributed by atoms with Gasteiger partial charge in [0.1, 0.15) is 0 Å². The Hall–Kier alpha value is -2.78. The average Bonchev–Trinajstić information content (AvgIpc) is 2.60. The molecular formula is C17H19N3O5S. The molecule has 0 bridgehead atoms. The Labute approximate surface area is 151 Å². The van der Waals surface area contributed by atoms with Gasteiger partial charge in [0.15, 0.2) is 0 Å². The van der Waals surface area contributed by atoms with Gasteiger partial charge >= 0.3 is 0 Å². The summed E-state index contributed by atoms with van der Waals surface area (Å²) in [7, 11) is -1.98. The van der Waals surface area contributed by atoms with Crippen molar-refractivity contribution in [1.29, 1.82) is 0 Å². The minimum atomic E-state index is -3.34. The first kappa shape index (κ1) is 19.5. The number of sulfonamides is 1. The standard InChI is InChI=1S/C17H19N3O5S/c1-12-3-8-15(9-16(12)20(22)23)17(21)19-10-13-4-6-14(7-5-13)11-26(24,25)18-2/h3-9,18H,10-11H2,1-2H3,(H,19,21). The summed E-state index contributed by atoms with van der Waals surface area (Å²) in [4.78, 5) is 22.6. The number of carbonyl (C=O) groups excluding carboxylic acids is 1. The zero-order chi connectivity index (χ0) is 19.3. The van der Waals surface area contributed by atoms with Crippen molar-refractivity contribution in [3.8, 4) is 0 Å². The predicted octanol–water partition coefficient (Wildman–Crippen LogP) is 1.88. The summed E-state index contributed by atoms with van der Waals surface area (Å²) < 4.78 is 25.3. The van der Waals surface area contributed by atoms with Gasteiger partial charge < -0.3 is 5.32 Å². The maximum absolute atomic E-state index is 12.2. The quantitative estimate of drug-likeness (QED) is 0.564. The fourth-order valence-electron chi connectivity index (χ4n) is 2.28. The van der Waals surface area contributed by atoms with E-state index in [1.54, 1.807) is 31.2 Å². The number of carbonyl (C=O) groups is 1. The Kier molecular flexibility index (Phi) is 6.06. The highest BCUT2D eigenvalue weighted by atomic mass is 32.2. The summed E-state index contributed by atoms with van der Waals surface area (Å²) in [5.41, 5.74) is 2.00. The van der Waals surface area contributed by atoms with E-state index in [0.29, 0.717) is 11.1 Å². The van der Waals surface area contributed by atoms with Crippen molar-refractivity contribution in [1.82, 2.24) is 10.0 Å². The number of amides is 1. The number of aryl methyl sites for hydroxylation is 1. The van der Waals surface area contributed by atoms with Gasteiger partial charge in [0.25, 0.3) is 11.6 Å². The summed E-state index contributed by atoms with van der Waals surface area (Å²) in [6, 6.07) is 11.1. The van der Waals surface area contributed by atoms with Gasteiger partial charge in [0, 0.05) is 23.7 Å². The van der Waals surface area contributed by atoms with Crippen molar-refractivity contribution >= 4 is 21.6 Å². The molecule has 0 heterocycles. The summed E-state index contributed by atoms with van der Waals surface area (Å²) in [6.07, 6.45) is 0. The average molecular weight is 377 g/mol. The molecular weight excluding hydrogens is 358 g/mol. The van der Waals surface area contributed by atoms with Gasteiger partial charge in [-0.1, -0.05) is 30.3 Å². The van der Waals surface area contributed by atoms with E-state index < -0.39 is 20.9 Å². The lowest BCUT2D eigenvalue weighted by atomic mass is 10.1. The van der Waals surface area contributed by atoms with Crippen LogP contribution in [0.15, 0.2) is 42.5 Å². The van der Waals surface area contributed by atoms with Crippen LogP contribution >= 0.6 is 0 Å². The lowest BCUT2D eigenvalue weighted by Crippen LogP contribution is -2.23. The lowest BCUT2D eigenvalue weighted by molar-refractivity contribution is -0.385. The second-order valence-corrected chi connectivity index (χ2v) is 7.65. The van der Waals surface area contributed by atoms with E-state index in [4.69, 9.17) is 0 Å². The van der Waals surface area contributed by atoms with Gasteiger partial charge in [-0.3, -0.25) is 14.9 Å². The Balaban J connectivity index is 2.01. The minimum absolute atomic E-state index is 0.104. The van der Waals surface area contributed by atoms with Gasteiger partial charge in [-0.25, -0.2) is 13.1 Å². The Morgan fingerprint density at radius 3 is 2.31 bits per heavy atom. The Morgan fingerprint density at radius 1 is 1.12 bits per heavy atom. The Bertz CT molecular complexity index is 924. The van der Waals surface area contributed by atoms with Crippen LogP contribution in [0.25, 0.3) is 0 Å². The van der Waals surface area contributed by atoms with Gasteiger partial charge in [-0.15, -0.1) is 0 Å². The van der Waals surface area contributed by atoms with E-state index in [2.05, 4.69) is 10.0 Å². The Morgan fingerprint density at radius 2 is 1.73 bits per heavy atom. The van der Waals surface area contributed by atoms with Crippen LogP contribution in [0.2, 0.25) is 0 Å². The van der Waals surface area contributed by atoms with Crippen molar-refractivity contribution in [3.05, 3.63) is 74.8 Å². The first-order chi connectivity index (χ1) is 12.2. The number of nitro benzene ring substituents is 1. The second kappa shape index (κ2) is 8.07. The summed E-state index contributed by atoms with van der Waals surface area (Å²) in [6.45, 7) is 1.83. The summed E-state index contributed by atoms with van der Waals surface area (Å²) in [5, 5.41) is 13.6. The maximum atomic E-state index is 12.2. The van der Waals surface area contributed by atoms with Gasteiger partial charge in [0.2, 0.25) is 10.0 Å². The number of nitro groups is 1. The third-order valence-corrected chi connectivity index (χ3v) is 5.15. The maximum Gasteiger partial charge on any atom is 0.273 e. The molecule has 0 aromatic heterocycles. The number of hydrogen-bond donors (Lipinski definition) is 2. The topological polar surface area (TPSA) is 118 Å². The molecule has 0 spiro atoms. The molecule has 0 fully saturated rings. The lowest BCUT2D eigenvalue weighted by Gasteiger charge is -2.08. The second-order valence-electron chi connectivity index (χ2n) is 5.72. The van der Waals surface area contributed by atoms with E-state index in [0.717, 1.165) is 5.56 Å². The molecule has 2 aromatic carbocycles. The van der Waals surface area contributed by atoms with Gasteiger partial charge in [0.05, 0.1) is 10.7 Å². The molecule has 2 aromatic rings. The largest absolute Gasteiger partial charge is 0.348 e. The number of nitrogens with zero attached hydrogens (tertiary/aromatic N) is 1. The highest BCUT2D eigenvalue weighted by molar-refractivity contribution is 7.88. The number of benzene rings is 2. The number of rotatable bonds is 7. The molecule has 26 heavy (non-hydrogen) atoms. The molecule has 1 amide bonds. The van der Waals surface area contributed by atoms with Crippen LogP contribution in [0.4, 0.5) is 5.69 Å². The predicted molar refractivity (Wildman–Crippen MR) is 97.1 cm³/mol. The molecule has 0 aliphatic heterocycles. The van der Waals surface area contributed by atoms with Crippen LogP contribution in [0.1, 0.15) is 27.0 Å². The zero-order valence-electron chi connectivity index (χ0n) is 14.4. The highest BCUT2D eigenvalue weighted by Gasteiger charge is 2.15. The third-order valence-electron chi connectivity index (χ3n) is 3.81. The van der Waals surface area contributed by atoms with E-state index in [1.807, 2.05) is 0 Å². The SMILES string of the molecule is CNS(=O)(=O)Cc1ccc(CNC(=O)c2ccc(C)c([N+](=O)[O-])c2)cc1. The van der Waals surface area contributed by atoms with Crippen LogP contribution in [0.5, 0.6) is 0 Å². The molecule has 0 saturated carbocycles. The zero-order valence-corrected chi connectivity index (χ0v) is 15.2. The minimum Gasteiger partial charge on any atom is -0.348 e. The molecule has 2 rings (SSSR count). The van der Waals surface area contributed by atoms with Gasteiger partial charge in [-0.2, -0.15) is 0 Å². The van der Waals surface area contributed by atoms with Crippen molar-refractivity contribution in [2.45, 2.75) is 19.2 Å². The van der Waals surface area contributed by atoms with E-state index >= 15 is 0 Å². The molecule has 0 atom stereocenters. The van der Waals surface area contributed by atoms with E-state index in [-0.39, 0.29) is 23.5 Å². The molecule has 0 aliphatic carbocycles. The molecule has 8 nitrogen and oxygen atoms in total. The van der Waals surface area contributed by atoms with Crippen molar-refractivity contribution in [2.75, 3.05) is 7.05 Å². The molecule has 138 valence electrons. The van der Waals surface area contributed by atoms with Crippen molar-refractivity contribution in [3.63, 3.8) is 0 Å². The van der Waals surface area contributed by atoms with E-state index in [9.17, 15) is 23.3 Å². The normalized spacial score (nSPS) is 11.2. The number of nitrogens with one attached hydrogen (secondary N) is 2. The smallest absolute Gasteiger partial charge is 0.273 e. The molecule has 0 saturated heterocycles. The van der Waals surface area contributed by atoms with Crippen LogP contribution < -0.4 is 10.0 Å². The molecule has 2 N–H and O–H groups in total. The molecule has 0 aliphatic rings. The summed E-state index contributed by atoms with van der Waals surface area (Å²) in [5.74, 6) is -0.543. The van der Waals surface area contributed by atoms with Crippen LogP contribution in [0, 0.1) is 17.0 Å². The molecule has 0 unspecified atom stereocenters. The fraction of sp³-hybridized carbons (Fsp3) is 0.235.